The Morgan fingerprint density at radius 1 is 1.23 bits per heavy atom. The highest BCUT2D eigenvalue weighted by atomic mass is 28.1. The number of aliphatic hydroxyl groups excluding tert-OH is 1. The third-order valence-corrected chi connectivity index (χ3v) is 7.80. The van der Waals surface area contributed by atoms with Crippen LogP contribution in [0.15, 0.2) is 0 Å². The van der Waals surface area contributed by atoms with E-state index in [0.717, 1.165) is 36.2 Å². The van der Waals surface area contributed by atoms with Gasteiger partial charge in [0.05, 0.1) is 11.3 Å². The van der Waals surface area contributed by atoms with Gasteiger partial charge in [0, 0.05) is 33.8 Å². The van der Waals surface area contributed by atoms with Gasteiger partial charge in [0.1, 0.15) is 0 Å². The molecule has 130 valence electrons. The molecule has 2 fully saturated rings. The Kier molecular flexibility index (Phi) is 5.48. The van der Waals surface area contributed by atoms with E-state index >= 15 is 0 Å². The van der Waals surface area contributed by atoms with Crippen LogP contribution in [0.1, 0.15) is 73.1 Å². The lowest BCUT2D eigenvalue weighted by atomic mass is 9.68. The Morgan fingerprint density at radius 2 is 1.91 bits per heavy atom. The second-order valence-electron chi connectivity index (χ2n) is 8.84. The Hall–Kier alpha value is 0.0969. The van der Waals surface area contributed by atoms with Crippen LogP contribution in [0, 0.1) is 5.92 Å². The number of piperidine rings is 1. The van der Waals surface area contributed by atoms with Gasteiger partial charge in [0.15, 0.2) is 0 Å². The molecule has 2 rings (SSSR count). The summed E-state index contributed by atoms with van der Waals surface area (Å²) in [6.07, 6.45) is 6.73. The fourth-order valence-corrected chi connectivity index (χ4v) is 5.97. The number of rotatable bonds is 4. The van der Waals surface area contributed by atoms with Crippen molar-refractivity contribution in [2.75, 3.05) is 13.2 Å². The van der Waals surface area contributed by atoms with Crippen molar-refractivity contribution in [3.8, 4) is 0 Å². The molecule has 0 bridgehead atoms. The van der Waals surface area contributed by atoms with Crippen molar-refractivity contribution in [3.05, 3.63) is 0 Å². The van der Waals surface area contributed by atoms with Crippen molar-refractivity contribution >= 4 is 10.2 Å². The van der Waals surface area contributed by atoms with Gasteiger partial charge in [-0.25, -0.2) is 0 Å². The molecule has 0 saturated carbocycles. The third-order valence-electron chi connectivity index (χ3n) is 6.27. The third kappa shape index (κ3) is 3.30. The summed E-state index contributed by atoms with van der Waals surface area (Å²) in [4.78, 5) is 2.55. The summed E-state index contributed by atoms with van der Waals surface area (Å²) in [7, 11) is 1.01. The highest BCUT2D eigenvalue weighted by Gasteiger charge is 2.56. The largest absolute Gasteiger partial charge is 0.391 e. The zero-order chi connectivity index (χ0) is 16.6. The molecule has 2 heterocycles. The minimum Gasteiger partial charge on any atom is -0.391 e. The zero-order valence-electron chi connectivity index (χ0n) is 15.6. The lowest BCUT2D eigenvalue weighted by Crippen LogP contribution is -2.71. The fraction of sp³-hybridized carbons (Fsp3) is 1.00. The van der Waals surface area contributed by atoms with Gasteiger partial charge in [-0.15, -0.1) is 0 Å². The molecule has 3 nitrogen and oxygen atoms in total. The van der Waals surface area contributed by atoms with Gasteiger partial charge < -0.3 is 9.84 Å². The van der Waals surface area contributed by atoms with E-state index in [1.54, 1.807) is 0 Å². The van der Waals surface area contributed by atoms with E-state index in [-0.39, 0.29) is 28.3 Å². The van der Waals surface area contributed by atoms with Gasteiger partial charge in [0.2, 0.25) is 0 Å². The summed E-state index contributed by atoms with van der Waals surface area (Å²) >= 11 is 0. The van der Waals surface area contributed by atoms with Crippen LogP contribution < -0.4 is 0 Å². The van der Waals surface area contributed by atoms with Crippen molar-refractivity contribution in [3.63, 3.8) is 0 Å². The van der Waals surface area contributed by atoms with Crippen LogP contribution in [0.3, 0.4) is 0 Å². The topological polar surface area (TPSA) is 32.7 Å². The number of nitrogens with zero attached hydrogens (tertiary/aromatic N) is 1. The summed E-state index contributed by atoms with van der Waals surface area (Å²) in [6, 6.07) is 0. The van der Waals surface area contributed by atoms with Crippen molar-refractivity contribution < 1.29 is 9.84 Å². The van der Waals surface area contributed by atoms with Gasteiger partial charge in [-0.3, -0.25) is 4.90 Å². The van der Waals surface area contributed by atoms with Gasteiger partial charge in [-0.1, -0.05) is 13.3 Å². The molecule has 4 heteroatoms. The molecular weight excluding hydrogens is 290 g/mol. The Labute approximate surface area is 140 Å². The van der Waals surface area contributed by atoms with E-state index in [0.29, 0.717) is 0 Å². The Balaban J connectivity index is 2.26. The number of ether oxygens (including phenoxy) is 1. The molecule has 0 amide bonds. The molecule has 3 atom stereocenters. The summed E-state index contributed by atoms with van der Waals surface area (Å²) in [5, 5.41) is 11.2. The van der Waals surface area contributed by atoms with E-state index in [1.807, 2.05) is 0 Å². The summed E-state index contributed by atoms with van der Waals surface area (Å²) in [5.74, 6) is 0.280. The maximum absolute atomic E-state index is 11.2. The van der Waals surface area contributed by atoms with Crippen LogP contribution >= 0.6 is 0 Å². The number of hydrogen-bond donors (Lipinski definition) is 1. The quantitative estimate of drug-likeness (QED) is 0.804. The molecule has 2 saturated heterocycles. The minimum absolute atomic E-state index is 0.0247. The molecule has 0 aromatic carbocycles. The molecule has 22 heavy (non-hydrogen) atoms. The minimum atomic E-state index is -0.298. The number of likely N-dealkylation sites (tertiary alicyclic amines) is 1. The molecule has 2 aliphatic rings. The van der Waals surface area contributed by atoms with Gasteiger partial charge in [0.25, 0.3) is 0 Å². The molecule has 0 aliphatic carbocycles. The van der Waals surface area contributed by atoms with Crippen LogP contribution in [0.2, 0.25) is 0 Å². The summed E-state index contributed by atoms with van der Waals surface area (Å²) in [6.45, 7) is 13.4. The van der Waals surface area contributed by atoms with E-state index in [1.165, 1.54) is 25.7 Å². The number of hydrogen-bond acceptors (Lipinski definition) is 3. The predicted molar refractivity (Wildman–Crippen MR) is 96.4 cm³/mol. The van der Waals surface area contributed by atoms with Gasteiger partial charge in [-0.05, 0) is 66.3 Å². The molecule has 2 aliphatic heterocycles. The monoisotopic (exact) mass is 327 g/mol. The van der Waals surface area contributed by atoms with Crippen molar-refractivity contribution in [2.45, 2.75) is 95.5 Å². The van der Waals surface area contributed by atoms with E-state index < -0.39 is 0 Å². The molecule has 0 spiro atoms. The average Bonchev–Trinajstić information content (AvgIpc) is 2.43. The highest BCUT2D eigenvalue weighted by Crippen LogP contribution is 2.47. The molecule has 0 aromatic heterocycles. The first kappa shape index (κ1) is 18.4. The lowest BCUT2D eigenvalue weighted by molar-refractivity contribution is -0.186. The maximum atomic E-state index is 11.2. The molecule has 0 radical (unpaired) electrons. The molecule has 3 unspecified atom stereocenters. The SMILES string of the molecule is CCCCN1C(C)(C)CC(C2([SiH3])CCCCO2)C(O)C1(C)C. The van der Waals surface area contributed by atoms with E-state index in [9.17, 15) is 5.11 Å². The zero-order valence-corrected chi connectivity index (χ0v) is 17.6. The van der Waals surface area contributed by atoms with Crippen molar-refractivity contribution in [2.24, 2.45) is 5.92 Å². The second kappa shape index (κ2) is 6.54. The van der Waals surface area contributed by atoms with Crippen LogP contribution in [0.5, 0.6) is 0 Å². The Bertz CT molecular complexity index is 377. The predicted octanol–water partition coefficient (Wildman–Crippen LogP) is 2.29. The van der Waals surface area contributed by atoms with Crippen LogP contribution in [0.25, 0.3) is 0 Å². The fourth-order valence-electron chi connectivity index (χ4n) is 4.90. The summed E-state index contributed by atoms with van der Waals surface area (Å²) < 4.78 is 6.26. The molecule has 0 aromatic rings. The average molecular weight is 328 g/mol. The summed E-state index contributed by atoms with van der Waals surface area (Å²) in [5.41, 5.74) is -0.0550. The highest BCUT2D eigenvalue weighted by molar-refractivity contribution is 6.14. The lowest BCUT2D eigenvalue weighted by Gasteiger charge is -2.61. The van der Waals surface area contributed by atoms with Gasteiger partial charge >= 0.3 is 0 Å². The number of aliphatic hydroxyl groups is 1. The molecule has 1 N–H and O–H groups in total. The molecular formula is C18H37NO2Si. The van der Waals surface area contributed by atoms with Gasteiger partial charge in [-0.2, -0.15) is 0 Å². The smallest absolute Gasteiger partial charge is 0.0771 e. The van der Waals surface area contributed by atoms with Crippen LogP contribution in [-0.4, -0.2) is 55.8 Å². The van der Waals surface area contributed by atoms with Crippen LogP contribution in [0.4, 0.5) is 0 Å². The number of unbranched alkanes of at least 4 members (excludes halogenated alkanes) is 1. The van der Waals surface area contributed by atoms with Crippen LogP contribution in [-0.2, 0) is 4.74 Å². The van der Waals surface area contributed by atoms with Crippen molar-refractivity contribution in [1.82, 2.24) is 4.90 Å². The Morgan fingerprint density at radius 3 is 2.45 bits per heavy atom. The second-order valence-corrected chi connectivity index (χ2v) is 10.5. The first-order chi connectivity index (χ1) is 10.1. The normalized spacial score (nSPS) is 39.0. The van der Waals surface area contributed by atoms with E-state index in [4.69, 9.17) is 4.74 Å². The van der Waals surface area contributed by atoms with Crippen molar-refractivity contribution in [1.29, 1.82) is 0 Å². The van der Waals surface area contributed by atoms with E-state index in [2.05, 4.69) is 39.5 Å². The first-order valence-corrected chi connectivity index (χ1v) is 10.2. The first-order valence-electron chi connectivity index (χ1n) is 9.25. The maximum Gasteiger partial charge on any atom is 0.0771 e. The standard InChI is InChI=1S/C18H37NO2Si/c1-6-7-11-19-16(2,3)13-14(15(20)17(19,4)5)18(22)10-8-9-12-21-18/h14-15,20H,6-13H2,1-5,22H3.